The molecule has 2 aromatic carbocycles. The summed E-state index contributed by atoms with van der Waals surface area (Å²) in [6.07, 6.45) is -0.123. The molecule has 0 N–H and O–H groups in total. The molecule has 5 nitrogen and oxygen atoms in total. The van der Waals surface area contributed by atoms with Crippen LogP contribution in [0.25, 0.3) is 10.8 Å². The molecule has 0 radical (unpaired) electrons. The van der Waals surface area contributed by atoms with Gasteiger partial charge in [0.2, 0.25) is 0 Å². The van der Waals surface area contributed by atoms with Crippen LogP contribution in [0.15, 0.2) is 36.4 Å². The van der Waals surface area contributed by atoms with E-state index in [4.69, 9.17) is 9.47 Å². The second-order valence-electron chi connectivity index (χ2n) is 6.12. The predicted octanol–water partition coefficient (Wildman–Crippen LogP) is 3.08. The van der Waals surface area contributed by atoms with Crippen molar-refractivity contribution < 1.29 is 23.9 Å². The second kappa shape index (κ2) is 6.67. The van der Waals surface area contributed by atoms with E-state index in [9.17, 15) is 14.4 Å². The molecule has 3 rings (SSSR count). The Balaban J connectivity index is 2.14. The highest BCUT2D eigenvalue weighted by Crippen LogP contribution is 2.40. The maximum atomic E-state index is 12.9. The molecule has 130 valence electrons. The topological polar surface area (TPSA) is 69.7 Å². The Morgan fingerprint density at radius 1 is 0.960 bits per heavy atom. The van der Waals surface area contributed by atoms with Crippen molar-refractivity contribution in [2.24, 2.45) is 5.41 Å². The number of hydrogen-bond donors (Lipinski definition) is 0. The van der Waals surface area contributed by atoms with Gasteiger partial charge in [-0.2, -0.15) is 0 Å². The number of benzene rings is 2. The molecule has 0 aliphatic heterocycles. The van der Waals surface area contributed by atoms with Crippen molar-refractivity contribution in [1.82, 2.24) is 0 Å². The Labute approximate surface area is 145 Å². The molecule has 0 fully saturated rings. The minimum Gasteiger partial charge on any atom is -0.465 e. The Bertz CT molecular complexity index is 834. The van der Waals surface area contributed by atoms with E-state index in [1.165, 1.54) is 0 Å². The van der Waals surface area contributed by atoms with Gasteiger partial charge in [-0.1, -0.05) is 36.4 Å². The molecule has 25 heavy (non-hydrogen) atoms. The lowest BCUT2D eigenvalue weighted by molar-refractivity contribution is -0.172. The number of carbonyl (C=O) groups is 3. The van der Waals surface area contributed by atoms with Gasteiger partial charge in [-0.05, 0) is 30.2 Å². The summed E-state index contributed by atoms with van der Waals surface area (Å²) in [7, 11) is 0. The summed E-state index contributed by atoms with van der Waals surface area (Å²) in [5.74, 6) is -1.62. The molecule has 0 saturated heterocycles. The smallest absolute Gasteiger partial charge is 0.324 e. The lowest BCUT2D eigenvalue weighted by Crippen LogP contribution is -2.48. The van der Waals surface area contributed by atoms with Crippen LogP contribution in [0, 0.1) is 5.41 Å². The number of Topliss-reactive ketones (excluding diaryl/α,β-unsaturated/α-hetero) is 1. The van der Waals surface area contributed by atoms with Crippen molar-refractivity contribution >= 4 is 28.5 Å². The van der Waals surface area contributed by atoms with Gasteiger partial charge in [0, 0.05) is 18.4 Å². The number of ether oxygens (including phenoxy) is 2. The number of carbonyl (C=O) groups excluding carboxylic acids is 3. The van der Waals surface area contributed by atoms with Gasteiger partial charge in [0.1, 0.15) is 0 Å². The van der Waals surface area contributed by atoms with E-state index >= 15 is 0 Å². The Hall–Kier alpha value is -2.69. The molecular weight excluding hydrogens is 320 g/mol. The van der Waals surface area contributed by atoms with Gasteiger partial charge < -0.3 is 9.47 Å². The normalized spacial score (nSPS) is 15.5. The average Bonchev–Trinajstić information content (AvgIpc) is 2.61. The maximum Gasteiger partial charge on any atom is 0.324 e. The van der Waals surface area contributed by atoms with Crippen LogP contribution in [0.2, 0.25) is 0 Å². The molecule has 1 aliphatic rings. The fourth-order valence-corrected chi connectivity index (χ4v) is 3.45. The van der Waals surface area contributed by atoms with Crippen LogP contribution in [-0.4, -0.2) is 30.9 Å². The highest BCUT2D eigenvalue weighted by molar-refractivity contribution is 6.15. The fraction of sp³-hybridized carbons (Fsp3) is 0.350. The first kappa shape index (κ1) is 17.1. The molecule has 0 amide bonds. The van der Waals surface area contributed by atoms with Gasteiger partial charge in [0.25, 0.3) is 0 Å². The quantitative estimate of drug-likeness (QED) is 0.632. The van der Waals surface area contributed by atoms with E-state index in [2.05, 4.69) is 0 Å². The average molecular weight is 340 g/mol. The molecule has 0 atom stereocenters. The maximum absolute atomic E-state index is 12.9. The zero-order valence-electron chi connectivity index (χ0n) is 14.3. The van der Waals surface area contributed by atoms with E-state index in [-0.39, 0.29) is 31.8 Å². The van der Waals surface area contributed by atoms with Crippen LogP contribution in [0.4, 0.5) is 0 Å². The van der Waals surface area contributed by atoms with Gasteiger partial charge in [0.15, 0.2) is 11.2 Å². The lowest BCUT2D eigenvalue weighted by Gasteiger charge is -2.33. The van der Waals surface area contributed by atoms with Crippen LogP contribution in [0.5, 0.6) is 0 Å². The molecule has 0 bridgehead atoms. The first-order valence-corrected chi connectivity index (χ1v) is 8.41. The largest absolute Gasteiger partial charge is 0.465 e. The van der Waals surface area contributed by atoms with E-state index < -0.39 is 17.4 Å². The molecular formula is C20H20O5. The van der Waals surface area contributed by atoms with Crippen LogP contribution in [0.1, 0.15) is 36.2 Å². The molecule has 2 aromatic rings. The van der Waals surface area contributed by atoms with Crippen molar-refractivity contribution in [3.63, 3.8) is 0 Å². The van der Waals surface area contributed by atoms with Crippen molar-refractivity contribution in [1.29, 1.82) is 0 Å². The first-order chi connectivity index (χ1) is 12.0. The molecule has 0 spiro atoms. The number of esters is 2. The molecule has 0 unspecified atom stereocenters. The number of fused-ring (bicyclic) bond motifs is 3. The summed E-state index contributed by atoms with van der Waals surface area (Å²) in [6.45, 7) is 3.61. The summed E-state index contributed by atoms with van der Waals surface area (Å²) < 4.78 is 10.2. The van der Waals surface area contributed by atoms with E-state index in [1.54, 1.807) is 13.8 Å². The monoisotopic (exact) mass is 340 g/mol. The SMILES string of the molecule is CCOC(=O)C1(C(=O)OCC)CC(=O)c2c(ccc3ccccc23)C1. The molecule has 0 saturated carbocycles. The standard InChI is InChI=1S/C20H20O5/c1-3-24-18(22)20(19(23)25-4-2)11-14-10-9-13-7-5-6-8-15(13)17(14)16(21)12-20/h5-10H,3-4,11-12H2,1-2H3. The van der Waals surface area contributed by atoms with Gasteiger partial charge in [-0.25, -0.2) is 0 Å². The van der Waals surface area contributed by atoms with Crippen molar-refractivity contribution in [2.75, 3.05) is 13.2 Å². The Morgan fingerprint density at radius 3 is 2.24 bits per heavy atom. The van der Waals surface area contributed by atoms with E-state index in [1.807, 2.05) is 36.4 Å². The van der Waals surface area contributed by atoms with Crippen LogP contribution in [-0.2, 0) is 25.5 Å². The van der Waals surface area contributed by atoms with Gasteiger partial charge in [-0.3, -0.25) is 14.4 Å². The van der Waals surface area contributed by atoms with Crippen LogP contribution >= 0.6 is 0 Å². The molecule has 1 aliphatic carbocycles. The summed E-state index contributed by atoms with van der Waals surface area (Å²) in [4.78, 5) is 38.1. The third kappa shape index (κ3) is 2.80. The number of ketones is 1. The van der Waals surface area contributed by atoms with E-state index in [0.717, 1.165) is 10.8 Å². The third-order valence-corrected chi connectivity index (χ3v) is 4.58. The molecule has 5 heteroatoms. The third-order valence-electron chi connectivity index (χ3n) is 4.58. The Kier molecular flexibility index (Phi) is 4.57. The second-order valence-corrected chi connectivity index (χ2v) is 6.12. The van der Waals surface area contributed by atoms with Crippen LogP contribution in [0.3, 0.4) is 0 Å². The highest BCUT2D eigenvalue weighted by Gasteiger charge is 2.53. The summed E-state index contributed by atoms with van der Waals surface area (Å²) in [6, 6.07) is 11.3. The van der Waals surface area contributed by atoms with E-state index in [0.29, 0.717) is 11.1 Å². The zero-order valence-corrected chi connectivity index (χ0v) is 14.3. The molecule has 0 heterocycles. The Morgan fingerprint density at radius 2 is 1.60 bits per heavy atom. The predicted molar refractivity (Wildman–Crippen MR) is 92.3 cm³/mol. The summed E-state index contributed by atoms with van der Waals surface area (Å²) in [5, 5.41) is 1.79. The van der Waals surface area contributed by atoms with Crippen molar-refractivity contribution in [3.05, 3.63) is 47.5 Å². The van der Waals surface area contributed by atoms with Crippen molar-refractivity contribution in [3.8, 4) is 0 Å². The molecule has 0 aromatic heterocycles. The van der Waals surface area contributed by atoms with Crippen molar-refractivity contribution in [2.45, 2.75) is 26.7 Å². The minimum absolute atomic E-state index is 0.108. The first-order valence-electron chi connectivity index (χ1n) is 8.41. The zero-order chi connectivity index (χ0) is 18.0. The van der Waals surface area contributed by atoms with Gasteiger partial charge >= 0.3 is 11.9 Å². The number of hydrogen-bond acceptors (Lipinski definition) is 5. The summed E-state index contributed by atoms with van der Waals surface area (Å²) in [5.41, 5.74) is -0.336. The van der Waals surface area contributed by atoms with Gasteiger partial charge in [0.05, 0.1) is 13.2 Å². The fourth-order valence-electron chi connectivity index (χ4n) is 3.45. The van der Waals surface area contributed by atoms with Gasteiger partial charge in [-0.15, -0.1) is 0 Å². The minimum atomic E-state index is -1.60. The lowest BCUT2D eigenvalue weighted by atomic mass is 9.70. The number of rotatable bonds is 4. The summed E-state index contributed by atoms with van der Waals surface area (Å²) >= 11 is 0. The van der Waals surface area contributed by atoms with Crippen LogP contribution < -0.4 is 0 Å². The highest BCUT2D eigenvalue weighted by atomic mass is 16.6.